The van der Waals surface area contributed by atoms with E-state index in [-0.39, 0.29) is 11.5 Å². The molecule has 1 N–H and O–H groups in total. The molecule has 1 aromatic rings. The van der Waals surface area contributed by atoms with Crippen LogP contribution in [0, 0.1) is 0 Å². The van der Waals surface area contributed by atoms with Crippen molar-refractivity contribution in [3.8, 4) is 11.5 Å². The Morgan fingerprint density at radius 3 is 2.76 bits per heavy atom. The van der Waals surface area contributed by atoms with Gasteiger partial charge in [-0.05, 0) is 43.4 Å². The van der Waals surface area contributed by atoms with Crippen LogP contribution in [-0.4, -0.2) is 18.0 Å². The van der Waals surface area contributed by atoms with Crippen molar-refractivity contribution in [2.45, 2.75) is 25.7 Å². The molecule has 0 saturated heterocycles. The van der Waals surface area contributed by atoms with Gasteiger partial charge in [0.25, 0.3) is 0 Å². The summed E-state index contributed by atoms with van der Waals surface area (Å²) in [5, 5.41) is 9.80. The number of hydrogen-bond acceptors (Lipinski definition) is 3. The third kappa shape index (κ3) is 2.49. The second-order valence-electron chi connectivity index (χ2n) is 4.19. The van der Waals surface area contributed by atoms with Gasteiger partial charge in [-0.2, -0.15) is 0 Å². The molecule has 0 amide bonds. The first-order valence-electron chi connectivity index (χ1n) is 5.83. The topological polar surface area (TPSA) is 46.5 Å². The van der Waals surface area contributed by atoms with Crippen molar-refractivity contribution in [2.75, 3.05) is 7.11 Å². The molecular weight excluding hydrogens is 216 g/mol. The third-order valence-corrected chi connectivity index (χ3v) is 3.03. The van der Waals surface area contributed by atoms with E-state index in [2.05, 4.69) is 0 Å². The number of phenols is 1. The molecule has 0 heterocycles. The monoisotopic (exact) mass is 232 g/mol. The van der Waals surface area contributed by atoms with E-state index in [1.807, 2.05) is 6.08 Å². The number of Topliss-reactive ketones (excluding diaryl/α,β-unsaturated/α-hetero) is 1. The fourth-order valence-corrected chi connectivity index (χ4v) is 2.05. The Kier molecular flexibility index (Phi) is 3.47. The van der Waals surface area contributed by atoms with Gasteiger partial charge in [0.15, 0.2) is 5.78 Å². The molecule has 17 heavy (non-hydrogen) atoms. The molecule has 0 fully saturated rings. The number of methoxy groups -OCH3 is 1. The lowest BCUT2D eigenvalue weighted by Gasteiger charge is -2.12. The lowest BCUT2D eigenvalue weighted by Crippen LogP contribution is -2.06. The van der Waals surface area contributed by atoms with Crippen LogP contribution in [0.4, 0.5) is 0 Å². The van der Waals surface area contributed by atoms with E-state index in [0.29, 0.717) is 11.3 Å². The normalized spacial score (nSPS) is 15.2. The molecule has 0 aromatic heterocycles. The number of allylic oxidation sites excluding steroid dienone is 2. The molecule has 2 rings (SSSR count). The van der Waals surface area contributed by atoms with Crippen LogP contribution in [-0.2, 0) is 0 Å². The fraction of sp³-hybridized carbons (Fsp3) is 0.357. The van der Waals surface area contributed by atoms with Gasteiger partial charge >= 0.3 is 0 Å². The van der Waals surface area contributed by atoms with Crippen molar-refractivity contribution in [3.63, 3.8) is 0 Å². The van der Waals surface area contributed by atoms with Crippen LogP contribution in [0.2, 0.25) is 0 Å². The average molecular weight is 232 g/mol. The van der Waals surface area contributed by atoms with Crippen molar-refractivity contribution in [1.29, 1.82) is 0 Å². The largest absolute Gasteiger partial charge is 0.507 e. The number of ketones is 1. The summed E-state index contributed by atoms with van der Waals surface area (Å²) in [4.78, 5) is 12.2. The highest BCUT2D eigenvalue weighted by Crippen LogP contribution is 2.28. The predicted molar refractivity (Wildman–Crippen MR) is 65.5 cm³/mol. The molecule has 0 saturated carbocycles. The first-order valence-corrected chi connectivity index (χ1v) is 5.83. The number of benzene rings is 1. The van der Waals surface area contributed by atoms with Gasteiger partial charge in [0.05, 0.1) is 12.7 Å². The summed E-state index contributed by atoms with van der Waals surface area (Å²) in [7, 11) is 1.53. The lowest BCUT2D eigenvalue weighted by atomic mass is 9.92. The average Bonchev–Trinajstić information content (AvgIpc) is 2.39. The highest BCUT2D eigenvalue weighted by Gasteiger charge is 2.17. The minimum Gasteiger partial charge on any atom is -0.507 e. The van der Waals surface area contributed by atoms with Crippen LogP contribution >= 0.6 is 0 Å². The zero-order chi connectivity index (χ0) is 12.3. The molecule has 0 atom stereocenters. The zero-order valence-corrected chi connectivity index (χ0v) is 9.90. The molecule has 0 aliphatic heterocycles. The lowest BCUT2D eigenvalue weighted by molar-refractivity contribution is 0.102. The summed E-state index contributed by atoms with van der Waals surface area (Å²) >= 11 is 0. The van der Waals surface area contributed by atoms with E-state index in [0.717, 1.165) is 31.3 Å². The molecule has 1 aromatic carbocycles. The van der Waals surface area contributed by atoms with Crippen LogP contribution < -0.4 is 4.74 Å². The van der Waals surface area contributed by atoms with Crippen molar-refractivity contribution in [1.82, 2.24) is 0 Å². The van der Waals surface area contributed by atoms with Gasteiger partial charge < -0.3 is 9.84 Å². The number of carbonyl (C=O) groups excluding carboxylic acids is 1. The number of ether oxygens (including phenoxy) is 1. The maximum absolute atomic E-state index is 12.2. The Hall–Kier alpha value is -1.77. The Morgan fingerprint density at radius 2 is 2.18 bits per heavy atom. The second-order valence-corrected chi connectivity index (χ2v) is 4.19. The smallest absolute Gasteiger partial charge is 0.192 e. The van der Waals surface area contributed by atoms with Gasteiger partial charge in [-0.15, -0.1) is 0 Å². The van der Waals surface area contributed by atoms with Crippen LogP contribution in [0.1, 0.15) is 36.0 Å². The van der Waals surface area contributed by atoms with Gasteiger partial charge in [-0.3, -0.25) is 4.79 Å². The van der Waals surface area contributed by atoms with Gasteiger partial charge in [-0.1, -0.05) is 6.08 Å². The van der Waals surface area contributed by atoms with Crippen LogP contribution in [0.3, 0.4) is 0 Å². The minimum atomic E-state index is -0.0650. The van der Waals surface area contributed by atoms with E-state index < -0.39 is 0 Å². The quantitative estimate of drug-likeness (QED) is 0.814. The Morgan fingerprint density at radius 1 is 1.35 bits per heavy atom. The van der Waals surface area contributed by atoms with Gasteiger partial charge in [0.2, 0.25) is 0 Å². The number of carbonyl (C=O) groups is 1. The number of hydrogen-bond donors (Lipinski definition) is 1. The number of rotatable bonds is 3. The zero-order valence-electron chi connectivity index (χ0n) is 9.90. The molecular formula is C14H16O3. The Balaban J connectivity index is 2.27. The molecule has 0 radical (unpaired) electrons. The SMILES string of the molecule is COc1ccc(C(=O)C2=CCCCC2)c(O)c1. The maximum atomic E-state index is 12.2. The van der Waals surface area contributed by atoms with E-state index in [9.17, 15) is 9.90 Å². The van der Waals surface area contributed by atoms with Crippen molar-refractivity contribution >= 4 is 5.78 Å². The molecule has 0 spiro atoms. The standard InChI is InChI=1S/C14H16O3/c1-17-11-7-8-12(13(15)9-11)14(16)10-5-3-2-4-6-10/h5,7-9,15H,2-4,6H2,1H3. The molecule has 1 aliphatic carbocycles. The first-order chi connectivity index (χ1) is 8.22. The van der Waals surface area contributed by atoms with E-state index in [1.165, 1.54) is 13.2 Å². The highest BCUT2D eigenvalue weighted by atomic mass is 16.5. The number of aromatic hydroxyl groups is 1. The number of phenolic OH excluding ortho intramolecular Hbond substituents is 1. The van der Waals surface area contributed by atoms with E-state index in [4.69, 9.17) is 4.74 Å². The highest BCUT2D eigenvalue weighted by molar-refractivity contribution is 6.10. The van der Waals surface area contributed by atoms with Crippen molar-refractivity contribution in [3.05, 3.63) is 35.4 Å². The molecule has 3 nitrogen and oxygen atoms in total. The molecule has 0 unspecified atom stereocenters. The summed E-state index contributed by atoms with van der Waals surface area (Å²) in [6, 6.07) is 4.78. The van der Waals surface area contributed by atoms with Crippen LogP contribution in [0.15, 0.2) is 29.8 Å². The second kappa shape index (κ2) is 5.04. The van der Waals surface area contributed by atoms with Crippen LogP contribution in [0.25, 0.3) is 0 Å². The van der Waals surface area contributed by atoms with Crippen LogP contribution in [0.5, 0.6) is 11.5 Å². The van der Waals surface area contributed by atoms with Gasteiger partial charge in [-0.25, -0.2) is 0 Å². The minimum absolute atomic E-state index is 0.0131. The predicted octanol–water partition coefficient (Wildman–Crippen LogP) is 3.08. The molecule has 0 bridgehead atoms. The summed E-state index contributed by atoms with van der Waals surface area (Å²) in [5.41, 5.74) is 1.18. The first kappa shape index (κ1) is 11.7. The summed E-state index contributed by atoms with van der Waals surface area (Å²) in [6.07, 6.45) is 5.94. The molecule has 3 heteroatoms. The van der Waals surface area contributed by atoms with Gasteiger partial charge in [0, 0.05) is 6.07 Å². The summed E-state index contributed by atoms with van der Waals surface area (Å²) in [6.45, 7) is 0. The van der Waals surface area contributed by atoms with E-state index in [1.54, 1.807) is 12.1 Å². The molecule has 1 aliphatic rings. The summed E-state index contributed by atoms with van der Waals surface area (Å²) < 4.78 is 4.99. The molecule has 90 valence electrons. The Bertz CT molecular complexity index is 461. The fourth-order valence-electron chi connectivity index (χ4n) is 2.05. The maximum Gasteiger partial charge on any atom is 0.192 e. The summed E-state index contributed by atoms with van der Waals surface area (Å²) in [5.74, 6) is 0.474. The van der Waals surface area contributed by atoms with Crippen molar-refractivity contribution < 1.29 is 14.6 Å². The van der Waals surface area contributed by atoms with Crippen molar-refractivity contribution in [2.24, 2.45) is 0 Å². The van der Waals surface area contributed by atoms with E-state index >= 15 is 0 Å². The van der Waals surface area contributed by atoms with Gasteiger partial charge in [0.1, 0.15) is 11.5 Å². The Labute approximate surface area is 101 Å². The third-order valence-electron chi connectivity index (χ3n) is 3.03.